The van der Waals surface area contributed by atoms with Crippen molar-refractivity contribution in [3.8, 4) is 0 Å². The van der Waals surface area contributed by atoms with Crippen LogP contribution in [-0.2, 0) is 0 Å². The van der Waals surface area contributed by atoms with Crippen molar-refractivity contribution in [2.24, 2.45) is 0 Å². The first-order valence-electron chi connectivity index (χ1n) is 6.04. The van der Waals surface area contributed by atoms with Crippen LogP contribution < -0.4 is 0 Å². The molecule has 0 unspecified atom stereocenters. The molecule has 0 aromatic carbocycles. The van der Waals surface area contributed by atoms with Gasteiger partial charge in [-0.15, -0.1) is 0 Å². The second kappa shape index (κ2) is 23.8. The molecule has 0 fully saturated rings. The third-order valence-electron chi connectivity index (χ3n) is 1.50. The van der Waals surface area contributed by atoms with Crippen LogP contribution in [0.3, 0.4) is 0 Å². The Morgan fingerprint density at radius 3 is 1.50 bits per heavy atom. The summed E-state index contributed by atoms with van der Waals surface area (Å²) in [5.74, 6) is 0. The van der Waals surface area contributed by atoms with E-state index in [0.29, 0.717) is 0 Å². The van der Waals surface area contributed by atoms with Crippen molar-refractivity contribution < 1.29 is 0 Å². The van der Waals surface area contributed by atoms with Gasteiger partial charge in [-0.2, -0.15) is 0 Å². The summed E-state index contributed by atoms with van der Waals surface area (Å²) in [4.78, 5) is 0. The van der Waals surface area contributed by atoms with Gasteiger partial charge in [-0.05, 0) is 13.8 Å². The number of allylic oxidation sites excluding steroid dienone is 4. The fourth-order valence-corrected chi connectivity index (χ4v) is 0.801. The third kappa shape index (κ3) is 37.9. The second-order valence-corrected chi connectivity index (χ2v) is 3.29. The van der Waals surface area contributed by atoms with Crippen molar-refractivity contribution in [2.75, 3.05) is 0 Å². The van der Waals surface area contributed by atoms with Gasteiger partial charge in [0.2, 0.25) is 0 Å². The lowest BCUT2D eigenvalue weighted by Crippen LogP contribution is -1.66. The smallest absolute Gasteiger partial charge is 0.0398 e. The highest BCUT2D eigenvalue weighted by atomic mass is 13.8. The van der Waals surface area contributed by atoms with E-state index >= 15 is 0 Å². The van der Waals surface area contributed by atoms with E-state index < -0.39 is 0 Å². The molecule has 0 heterocycles. The Morgan fingerprint density at radius 1 is 1.06 bits per heavy atom. The molecule has 0 aromatic rings. The Labute approximate surface area is 105 Å². The van der Waals surface area contributed by atoms with Gasteiger partial charge in [-0.1, -0.05) is 90.8 Å². The Balaban J connectivity index is -0.0000000786. The lowest BCUT2D eigenvalue weighted by molar-refractivity contribution is 0.772. The standard InChI is InChI=1S/C8H12.C5H12.C2H6.CH4/c1-5-8(4)6-7(2)3;1-3-5-4-2;1-2;/h5-6H,1-2H2,3-4H3;3-5H2,1-2H3;1-2H3;1H4/b8-6-;;;. The summed E-state index contributed by atoms with van der Waals surface area (Å²) in [6, 6.07) is 0. The van der Waals surface area contributed by atoms with Gasteiger partial charge in [-0.25, -0.2) is 0 Å². The number of hydrogen-bond donors (Lipinski definition) is 0. The van der Waals surface area contributed by atoms with Crippen LogP contribution in [0.15, 0.2) is 36.5 Å². The molecule has 0 N–H and O–H groups in total. The molecule has 16 heavy (non-hydrogen) atoms. The molecule has 0 aliphatic carbocycles. The minimum absolute atomic E-state index is 0. The van der Waals surface area contributed by atoms with Gasteiger partial charge in [-0.3, -0.25) is 0 Å². The number of rotatable bonds is 4. The summed E-state index contributed by atoms with van der Waals surface area (Å²) in [6.45, 7) is 19.7. The predicted octanol–water partition coefficient (Wildman–Crippen LogP) is 6.55. The highest BCUT2D eigenvalue weighted by Gasteiger charge is 1.77. The van der Waals surface area contributed by atoms with E-state index in [9.17, 15) is 0 Å². The van der Waals surface area contributed by atoms with Crippen molar-refractivity contribution in [1.29, 1.82) is 0 Å². The molecular weight excluding hydrogens is 192 g/mol. The summed E-state index contributed by atoms with van der Waals surface area (Å²) in [7, 11) is 0. The maximum atomic E-state index is 3.72. The van der Waals surface area contributed by atoms with Crippen LogP contribution in [0.25, 0.3) is 0 Å². The van der Waals surface area contributed by atoms with Crippen molar-refractivity contribution in [1.82, 2.24) is 0 Å². The van der Waals surface area contributed by atoms with Gasteiger partial charge in [0.05, 0.1) is 0 Å². The van der Waals surface area contributed by atoms with E-state index in [4.69, 9.17) is 0 Å². The van der Waals surface area contributed by atoms with Gasteiger partial charge >= 0.3 is 0 Å². The molecule has 0 atom stereocenters. The normalized spacial score (nSPS) is 8.50. The molecule has 0 bridgehead atoms. The molecule has 0 aliphatic heterocycles. The molecule has 0 aromatic heterocycles. The summed E-state index contributed by atoms with van der Waals surface area (Å²) < 4.78 is 0. The Kier molecular flexibility index (Phi) is 36.4. The minimum atomic E-state index is 0. The maximum absolute atomic E-state index is 3.72. The number of hydrogen-bond acceptors (Lipinski definition) is 0. The van der Waals surface area contributed by atoms with Gasteiger partial charge < -0.3 is 0 Å². The first-order chi connectivity index (χ1) is 7.08. The average molecular weight is 226 g/mol. The molecule has 98 valence electrons. The zero-order valence-corrected chi connectivity index (χ0v) is 11.7. The largest absolute Gasteiger partial charge is 0.0988 e. The van der Waals surface area contributed by atoms with Crippen LogP contribution in [0.4, 0.5) is 0 Å². The van der Waals surface area contributed by atoms with E-state index in [0.717, 1.165) is 11.1 Å². The van der Waals surface area contributed by atoms with E-state index in [1.807, 2.05) is 39.8 Å². The Bertz CT molecular complexity index is 159. The zero-order valence-electron chi connectivity index (χ0n) is 11.7. The third-order valence-corrected chi connectivity index (χ3v) is 1.50. The van der Waals surface area contributed by atoms with Gasteiger partial charge in [0, 0.05) is 0 Å². The van der Waals surface area contributed by atoms with Gasteiger partial charge in [0.25, 0.3) is 0 Å². The zero-order chi connectivity index (χ0) is 12.7. The Morgan fingerprint density at radius 2 is 1.44 bits per heavy atom. The molecule has 0 saturated heterocycles. The van der Waals surface area contributed by atoms with Crippen LogP contribution in [0.5, 0.6) is 0 Å². The monoisotopic (exact) mass is 226 g/mol. The molecule has 0 nitrogen and oxygen atoms in total. The molecule has 0 aliphatic rings. The number of unbranched alkanes of at least 4 members (excludes halogenated alkanes) is 2. The topological polar surface area (TPSA) is 0 Å². The van der Waals surface area contributed by atoms with E-state index in [-0.39, 0.29) is 7.43 Å². The quantitative estimate of drug-likeness (QED) is 0.477. The molecule has 0 spiro atoms. The molecular formula is C16H34. The molecule has 0 heteroatoms. The average Bonchev–Trinajstić information content (AvgIpc) is 2.22. The minimum Gasteiger partial charge on any atom is -0.0988 e. The van der Waals surface area contributed by atoms with Crippen molar-refractivity contribution in [3.05, 3.63) is 36.5 Å². The van der Waals surface area contributed by atoms with Crippen LogP contribution in [0, 0.1) is 0 Å². The highest BCUT2D eigenvalue weighted by Crippen LogP contribution is 1.97. The van der Waals surface area contributed by atoms with E-state index in [1.165, 1.54) is 19.3 Å². The van der Waals surface area contributed by atoms with Gasteiger partial charge in [0.15, 0.2) is 0 Å². The van der Waals surface area contributed by atoms with Crippen molar-refractivity contribution in [3.63, 3.8) is 0 Å². The van der Waals surface area contributed by atoms with Crippen LogP contribution in [0.2, 0.25) is 0 Å². The van der Waals surface area contributed by atoms with Crippen molar-refractivity contribution in [2.45, 2.75) is 68.2 Å². The second-order valence-electron chi connectivity index (χ2n) is 3.29. The molecule has 0 radical (unpaired) electrons. The van der Waals surface area contributed by atoms with Crippen LogP contribution >= 0.6 is 0 Å². The summed E-state index contributed by atoms with van der Waals surface area (Å²) in [6.07, 6.45) is 7.88. The van der Waals surface area contributed by atoms with Gasteiger partial charge in [0.1, 0.15) is 0 Å². The van der Waals surface area contributed by atoms with Crippen molar-refractivity contribution >= 4 is 0 Å². The van der Waals surface area contributed by atoms with Crippen LogP contribution in [-0.4, -0.2) is 0 Å². The first kappa shape index (κ1) is 24.4. The summed E-state index contributed by atoms with van der Waals surface area (Å²) >= 11 is 0. The van der Waals surface area contributed by atoms with Crippen LogP contribution in [0.1, 0.15) is 68.2 Å². The molecule has 0 rings (SSSR count). The summed E-state index contributed by atoms with van der Waals surface area (Å²) in [5.41, 5.74) is 2.24. The maximum Gasteiger partial charge on any atom is -0.0398 e. The predicted molar refractivity (Wildman–Crippen MR) is 82.0 cm³/mol. The first-order valence-corrected chi connectivity index (χ1v) is 6.04. The molecule has 0 saturated carbocycles. The Hall–Kier alpha value is -0.780. The lowest BCUT2D eigenvalue weighted by atomic mass is 10.2. The van der Waals surface area contributed by atoms with E-state index in [1.54, 1.807) is 0 Å². The lowest BCUT2D eigenvalue weighted by Gasteiger charge is -1.87. The fraction of sp³-hybridized carbons (Fsp3) is 0.625. The fourth-order valence-electron chi connectivity index (χ4n) is 0.801. The summed E-state index contributed by atoms with van der Waals surface area (Å²) in [5, 5.41) is 0. The van der Waals surface area contributed by atoms with E-state index in [2.05, 4.69) is 27.0 Å². The molecule has 0 amide bonds. The highest BCUT2D eigenvalue weighted by molar-refractivity contribution is 5.23. The SMILES string of the molecule is C.C=C/C(C)=C\C(=C)C.CC.CCCCC.